The highest BCUT2D eigenvalue weighted by atomic mass is 16.4. The number of aromatic nitrogens is 2. The molecule has 2 rings (SSSR count). The lowest BCUT2D eigenvalue weighted by molar-refractivity contribution is -0.141. The highest BCUT2D eigenvalue weighted by Crippen LogP contribution is 2.23. The Morgan fingerprint density at radius 1 is 1.71 bits per heavy atom. The molecule has 1 aromatic rings. The summed E-state index contributed by atoms with van der Waals surface area (Å²) >= 11 is 0. The van der Waals surface area contributed by atoms with Crippen molar-refractivity contribution in [3.63, 3.8) is 0 Å². The topological polar surface area (TPSA) is 86.3 Å². The first-order chi connectivity index (χ1) is 6.68. The SMILES string of the molecule is O=C(O)[C@@H]1CC(=O)N(c2cn[nH]c2)C1. The van der Waals surface area contributed by atoms with E-state index < -0.39 is 11.9 Å². The van der Waals surface area contributed by atoms with Crippen LogP contribution in [0.4, 0.5) is 5.69 Å². The van der Waals surface area contributed by atoms with Crippen molar-refractivity contribution in [3.05, 3.63) is 12.4 Å². The van der Waals surface area contributed by atoms with Gasteiger partial charge < -0.3 is 10.0 Å². The first-order valence-electron chi connectivity index (χ1n) is 4.20. The Bertz CT molecular complexity index is 360. The molecule has 1 amide bonds. The molecule has 1 atom stereocenters. The van der Waals surface area contributed by atoms with E-state index in [1.165, 1.54) is 11.1 Å². The first-order valence-corrected chi connectivity index (χ1v) is 4.20. The van der Waals surface area contributed by atoms with Gasteiger partial charge in [-0.05, 0) is 0 Å². The number of hydrogen-bond acceptors (Lipinski definition) is 3. The minimum Gasteiger partial charge on any atom is -0.481 e. The molecule has 1 aromatic heterocycles. The van der Waals surface area contributed by atoms with Gasteiger partial charge in [0.05, 0.1) is 17.8 Å². The number of aliphatic carboxylic acids is 1. The molecule has 1 saturated heterocycles. The van der Waals surface area contributed by atoms with Gasteiger partial charge in [-0.25, -0.2) is 0 Å². The lowest BCUT2D eigenvalue weighted by atomic mass is 10.1. The molecule has 1 fully saturated rings. The van der Waals surface area contributed by atoms with Crippen molar-refractivity contribution < 1.29 is 14.7 Å². The van der Waals surface area contributed by atoms with Crippen molar-refractivity contribution in [2.24, 2.45) is 5.92 Å². The number of carbonyl (C=O) groups is 2. The van der Waals surface area contributed by atoms with Crippen molar-refractivity contribution >= 4 is 17.6 Å². The fraction of sp³-hybridized carbons (Fsp3) is 0.375. The molecule has 0 bridgehead atoms. The van der Waals surface area contributed by atoms with E-state index in [1.54, 1.807) is 6.20 Å². The summed E-state index contributed by atoms with van der Waals surface area (Å²) in [5, 5.41) is 15.0. The predicted octanol–water partition coefficient (Wildman–Crippen LogP) is -0.153. The van der Waals surface area contributed by atoms with E-state index in [-0.39, 0.29) is 18.9 Å². The fourth-order valence-corrected chi connectivity index (χ4v) is 1.51. The molecule has 0 radical (unpaired) electrons. The van der Waals surface area contributed by atoms with Gasteiger partial charge in [0.25, 0.3) is 0 Å². The van der Waals surface area contributed by atoms with E-state index in [2.05, 4.69) is 10.2 Å². The molecule has 1 aliphatic rings. The van der Waals surface area contributed by atoms with Crippen LogP contribution in [0.5, 0.6) is 0 Å². The molecule has 74 valence electrons. The zero-order chi connectivity index (χ0) is 10.1. The zero-order valence-electron chi connectivity index (χ0n) is 7.30. The van der Waals surface area contributed by atoms with Crippen LogP contribution in [0.1, 0.15) is 6.42 Å². The van der Waals surface area contributed by atoms with Crippen LogP contribution >= 0.6 is 0 Å². The number of nitrogens with zero attached hydrogens (tertiary/aromatic N) is 2. The number of amides is 1. The normalized spacial score (nSPS) is 21.6. The van der Waals surface area contributed by atoms with Crippen LogP contribution in [0.15, 0.2) is 12.4 Å². The number of H-pyrrole nitrogens is 1. The molecule has 0 saturated carbocycles. The van der Waals surface area contributed by atoms with Crippen LogP contribution < -0.4 is 4.90 Å². The average molecular weight is 195 g/mol. The molecule has 6 nitrogen and oxygen atoms in total. The van der Waals surface area contributed by atoms with Crippen molar-refractivity contribution in [2.45, 2.75) is 6.42 Å². The summed E-state index contributed by atoms with van der Waals surface area (Å²) in [5.74, 6) is -1.69. The maximum absolute atomic E-state index is 11.4. The van der Waals surface area contributed by atoms with Gasteiger partial charge in [-0.3, -0.25) is 14.7 Å². The van der Waals surface area contributed by atoms with Crippen LogP contribution in [0, 0.1) is 5.92 Å². The van der Waals surface area contributed by atoms with Gasteiger partial charge in [0.2, 0.25) is 5.91 Å². The summed E-state index contributed by atoms with van der Waals surface area (Å²) in [7, 11) is 0. The predicted molar refractivity (Wildman–Crippen MR) is 46.7 cm³/mol. The monoisotopic (exact) mass is 195 g/mol. The largest absolute Gasteiger partial charge is 0.481 e. The lowest BCUT2D eigenvalue weighted by Crippen LogP contribution is -2.25. The number of aromatic amines is 1. The average Bonchev–Trinajstić information content (AvgIpc) is 2.71. The van der Waals surface area contributed by atoms with Gasteiger partial charge >= 0.3 is 5.97 Å². The van der Waals surface area contributed by atoms with Crippen LogP contribution in [0.2, 0.25) is 0 Å². The molecule has 0 aliphatic carbocycles. The Kier molecular flexibility index (Phi) is 1.95. The number of carbonyl (C=O) groups excluding carboxylic acids is 1. The number of carboxylic acid groups (broad SMARTS) is 1. The summed E-state index contributed by atoms with van der Waals surface area (Å²) in [5.41, 5.74) is 0.624. The van der Waals surface area contributed by atoms with Crippen LogP contribution in [-0.4, -0.2) is 33.7 Å². The molecule has 2 N–H and O–H groups in total. The Labute approximate surface area is 79.5 Å². The van der Waals surface area contributed by atoms with Crippen molar-refractivity contribution in [2.75, 3.05) is 11.4 Å². The number of carboxylic acids is 1. The highest BCUT2D eigenvalue weighted by Gasteiger charge is 2.35. The van der Waals surface area contributed by atoms with Gasteiger partial charge in [0.1, 0.15) is 0 Å². The zero-order valence-corrected chi connectivity index (χ0v) is 7.30. The van der Waals surface area contributed by atoms with E-state index >= 15 is 0 Å². The molecule has 0 unspecified atom stereocenters. The van der Waals surface area contributed by atoms with Gasteiger partial charge in [-0.15, -0.1) is 0 Å². The van der Waals surface area contributed by atoms with Crippen LogP contribution in [-0.2, 0) is 9.59 Å². The Morgan fingerprint density at radius 3 is 3.00 bits per heavy atom. The smallest absolute Gasteiger partial charge is 0.308 e. The summed E-state index contributed by atoms with van der Waals surface area (Å²) in [6.07, 6.45) is 3.14. The van der Waals surface area contributed by atoms with Gasteiger partial charge in [-0.2, -0.15) is 5.10 Å². The quantitative estimate of drug-likeness (QED) is 0.686. The minimum atomic E-state index is -0.927. The fourth-order valence-electron chi connectivity index (χ4n) is 1.51. The number of nitrogens with one attached hydrogen (secondary N) is 1. The van der Waals surface area contributed by atoms with Crippen molar-refractivity contribution in [1.82, 2.24) is 10.2 Å². The molecular weight excluding hydrogens is 186 g/mol. The summed E-state index contributed by atoms with van der Waals surface area (Å²) in [4.78, 5) is 23.5. The molecule has 14 heavy (non-hydrogen) atoms. The van der Waals surface area contributed by atoms with Crippen LogP contribution in [0.3, 0.4) is 0 Å². The second kappa shape index (κ2) is 3.13. The van der Waals surface area contributed by atoms with E-state index in [0.717, 1.165) is 0 Å². The molecular formula is C8H9N3O3. The van der Waals surface area contributed by atoms with E-state index in [4.69, 9.17) is 5.11 Å². The first kappa shape index (κ1) is 8.74. The Balaban J connectivity index is 2.16. The third kappa shape index (κ3) is 1.34. The van der Waals surface area contributed by atoms with E-state index in [0.29, 0.717) is 5.69 Å². The summed E-state index contributed by atoms with van der Waals surface area (Å²) in [6.45, 7) is 0.230. The Hall–Kier alpha value is -1.85. The molecule has 2 heterocycles. The van der Waals surface area contributed by atoms with E-state index in [9.17, 15) is 9.59 Å². The molecule has 0 spiro atoms. The maximum atomic E-state index is 11.4. The maximum Gasteiger partial charge on any atom is 0.308 e. The summed E-state index contributed by atoms with van der Waals surface area (Å²) < 4.78 is 0. The third-order valence-corrected chi connectivity index (χ3v) is 2.27. The van der Waals surface area contributed by atoms with Gasteiger partial charge in [0, 0.05) is 19.2 Å². The second-order valence-electron chi connectivity index (χ2n) is 3.20. The van der Waals surface area contributed by atoms with Crippen molar-refractivity contribution in [3.8, 4) is 0 Å². The Morgan fingerprint density at radius 2 is 2.50 bits per heavy atom. The minimum absolute atomic E-state index is 0.0700. The number of hydrogen-bond donors (Lipinski definition) is 2. The molecule has 6 heteroatoms. The van der Waals surface area contributed by atoms with Crippen LogP contribution in [0.25, 0.3) is 0 Å². The third-order valence-electron chi connectivity index (χ3n) is 2.27. The number of rotatable bonds is 2. The second-order valence-corrected chi connectivity index (χ2v) is 3.20. The molecule has 1 aliphatic heterocycles. The summed E-state index contributed by atoms with van der Waals surface area (Å²) in [6, 6.07) is 0. The highest BCUT2D eigenvalue weighted by molar-refractivity contribution is 5.98. The van der Waals surface area contributed by atoms with E-state index in [1.807, 2.05) is 0 Å². The number of anilines is 1. The lowest BCUT2D eigenvalue weighted by Gasteiger charge is -2.12. The van der Waals surface area contributed by atoms with Gasteiger partial charge in [-0.1, -0.05) is 0 Å². The van der Waals surface area contributed by atoms with Crippen molar-refractivity contribution in [1.29, 1.82) is 0 Å². The standard InChI is InChI=1S/C8H9N3O3/c12-7-1-5(8(13)14)4-11(7)6-2-9-10-3-6/h2-3,5H,1,4H2,(H,9,10)(H,13,14)/t5-/m1/s1. The van der Waals surface area contributed by atoms with Gasteiger partial charge in [0.15, 0.2) is 0 Å². The molecule has 0 aromatic carbocycles.